The molecule has 0 aliphatic carbocycles. The van der Waals surface area contributed by atoms with Crippen LogP contribution in [-0.4, -0.2) is 18.2 Å². The van der Waals surface area contributed by atoms with Gasteiger partial charge in [0.1, 0.15) is 5.75 Å². The molecule has 3 rings (SSSR count). The highest BCUT2D eigenvalue weighted by molar-refractivity contribution is 6.05. The number of benzene rings is 2. The molecule has 0 spiro atoms. The van der Waals surface area contributed by atoms with Crippen LogP contribution in [0.2, 0.25) is 0 Å². The zero-order chi connectivity index (χ0) is 18.0. The predicted octanol–water partition coefficient (Wildman–Crippen LogP) is 3.01. The normalized spacial score (nSPS) is 13.2. The van der Waals surface area contributed by atoms with Crippen molar-refractivity contribution in [3.8, 4) is 5.75 Å². The van der Waals surface area contributed by atoms with Gasteiger partial charge in [0.15, 0.2) is 0 Å². The number of anilines is 1. The average molecular weight is 350 g/mol. The van der Waals surface area contributed by atoms with Gasteiger partial charge in [0.2, 0.25) is 5.91 Å². The molecule has 8 heteroatoms. The third-order valence-corrected chi connectivity index (χ3v) is 3.64. The van der Waals surface area contributed by atoms with E-state index < -0.39 is 6.36 Å². The molecule has 5 nitrogen and oxygen atoms in total. The van der Waals surface area contributed by atoms with Crippen molar-refractivity contribution in [2.75, 3.05) is 5.32 Å². The first-order valence-electron chi connectivity index (χ1n) is 7.36. The number of amides is 2. The van der Waals surface area contributed by atoms with E-state index in [-0.39, 0.29) is 30.5 Å². The summed E-state index contributed by atoms with van der Waals surface area (Å²) in [5.74, 6) is -0.854. The molecular weight excluding hydrogens is 337 g/mol. The van der Waals surface area contributed by atoms with E-state index in [9.17, 15) is 22.8 Å². The minimum Gasteiger partial charge on any atom is -0.406 e. The van der Waals surface area contributed by atoms with E-state index in [2.05, 4.69) is 15.4 Å². The van der Waals surface area contributed by atoms with Crippen LogP contribution in [0.3, 0.4) is 0 Å². The molecule has 0 atom stereocenters. The highest BCUT2D eigenvalue weighted by Crippen LogP contribution is 2.26. The Morgan fingerprint density at radius 2 is 1.88 bits per heavy atom. The van der Waals surface area contributed by atoms with Crippen LogP contribution in [-0.2, 0) is 17.8 Å². The van der Waals surface area contributed by atoms with Crippen molar-refractivity contribution in [2.24, 2.45) is 0 Å². The number of halogens is 3. The van der Waals surface area contributed by atoms with Crippen molar-refractivity contribution in [2.45, 2.75) is 19.3 Å². The van der Waals surface area contributed by atoms with Crippen molar-refractivity contribution in [1.82, 2.24) is 5.32 Å². The number of rotatable bonds is 4. The summed E-state index contributed by atoms with van der Waals surface area (Å²) >= 11 is 0. The number of ether oxygens (including phenoxy) is 1. The number of hydrogen-bond acceptors (Lipinski definition) is 3. The lowest BCUT2D eigenvalue weighted by atomic mass is 10.0. The molecule has 0 saturated carbocycles. The summed E-state index contributed by atoms with van der Waals surface area (Å²) in [5, 5.41) is 5.35. The highest BCUT2D eigenvalue weighted by atomic mass is 19.4. The van der Waals surface area contributed by atoms with Crippen LogP contribution in [0.5, 0.6) is 5.75 Å². The molecule has 1 aliphatic heterocycles. The molecule has 0 radical (unpaired) electrons. The lowest BCUT2D eigenvalue weighted by Gasteiger charge is -2.10. The maximum Gasteiger partial charge on any atom is 0.573 e. The van der Waals surface area contributed by atoms with Gasteiger partial charge in [0, 0.05) is 17.8 Å². The van der Waals surface area contributed by atoms with E-state index in [1.165, 1.54) is 24.3 Å². The zero-order valence-electron chi connectivity index (χ0n) is 12.8. The summed E-state index contributed by atoms with van der Waals surface area (Å²) in [6, 6.07) is 10.2. The molecule has 1 heterocycles. The Morgan fingerprint density at radius 1 is 1.16 bits per heavy atom. The number of nitrogens with one attached hydrogen (secondary N) is 2. The van der Waals surface area contributed by atoms with Crippen LogP contribution in [0, 0.1) is 0 Å². The van der Waals surface area contributed by atoms with Crippen LogP contribution in [0.4, 0.5) is 18.9 Å². The Morgan fingerprint density at radius 3 is 2.56 bits per heavy atom. The lowest BCUT2D eigenvalue weighted by Crippen LogP contribution is -2.24. The van der Waals surface area contributed by atoms with Crippen molar-refractivity contribution >= 4 is 17.5 Å². The van der Waals surface area contributed by atoms with E-state index in [4.69, 9.17) is 0 Å². The number of hydrogen-bond donors (Lipinski definition) is 2. The number of carbonyl (C=O) groups is 2. The van der Waals surface area contributed by atoms with E-state index in [0.717, 1.165) is 0 Å². The SMILES string of the molecule is O=C1Cc2c(cccc2C(=O)NCc2ccc(OC(F)(F)F)cc2)N1. The van der Waals surface area contributed by atoms with Crippen LogP contribution < -0.4 is 15.4 Å². The van der Waals surface area contributed by atoms with Gasteiger partial charge in [-0.3, -0.25) is 9.59 Å². The second-order valence-corrected chi connectivity index (χ2v) is 5.43. The van der Waals surface area contributed by atoms with Crippen molar-refractivity contribution < 1.29 is 27.5 Å². The second-order valence-electron chi connectivity index (χ2n) is 5.43. The van der Waals surface area contributed by atoms with Crippen molar-refractivity contribution in [3.05, 3.63) is 59.2 Å². The molecule has 2 amide bonds. The number of carbonyl (C=O) groups excluding carboxylic acids is 2. The van der Waals surface area contributed by atoms with E-state index >= 15 is 0 Å². The third-order valence-electron chi connectivity index (χ3n) is 3.64. The average Bonchev–Trinajstić information content (AvgIpc) is 2.92. The molecule has 0 bridgehead atoms. The second kappa shape index (κ2) is 6.46. The molecule has 2 aromatic rings. The Hall–Kier alpha value is -3.03. The predicted molar refractivity (Wildman–Crippen MR) is 83.1 cm³/mol. The van der Waals surface area contributed by atoms with Crippen LogP contribution >= 0.6 is 0 Å². The molecule has 25 heavy (non-hydrogen) atoms. The molecule has 0 aromatic heterocycles. The monoisotopic (exact) mass is 350 g/mol. The van der Waals surface area contributed by atoms with Gasteiger partial charge in [0.05, 0.1) is 6.42 Å². The van der Waals surface area contributed by atoms with Gasteiger partial charge >= 0.3 is 6.36 Å². The molecular formula is C17H13F3N2O3. The Balaban J connectivity index is 1.64. The standard InChI is InChI=1S/C17H13F3N2O3/c18-17(19,20)25-11-6-4-10(5-7-11)9-21-16(24)12-2-1-3-14-13(12)8-15(23)22-14/h1-7H,8-9H2,(H,21,24)(H,22,23). The first kappa shape index (κ1) is 16.8. The molecule has 130 valence electrons. The lowest BCUT2D eigenvalue weighted by molar-refractivity contribution is -0.274. The summed E-state index contributed by atoms with van der Waals surface area (Å²) in [4.78, 5) is 23.8. The highest BCUT2D eigenvalue weighted by Gasteiger charge is 2.31. The number of fused-ring (bicyclic) bond motifs is 1. The van der Waals surface area contributed by atoms with E-state index in [1.807, 2.05) is 0 Å². The molecule has 0 saturated heterocycles. The van der Waals surface area contributed by atoms with Gasteiger partial charge in [-0.1, -0.05) is 18.2 Å². The minimum absolute atomic E-state index is 0.135. The molecule has 2 aromatic carbocycles. The summed E-state index contributed by atoms with van der Waals surface area (Å²) in [7, 11) is 0. The molecule has 2 N–H and O–H groups in total. The first-order chi connectivity index (χ1) is 11.8. The fourth-order valence-corrected chi connectivity index (χ4v) is 2.55. The topological polar surface area (TPSA) is 67.4 Å². The van der Waals surface area contributed by atoms with Gasteiger partial charge in [0.25, 0.3) is 5.91 Å². The summed E-state index contributed by atoms with van der Waals surface area (Å²) < 4.78 is 40.1. The van der Waals surface area contributed by atoms with Gasteiger partial charge in [-0.15, -0.1) is 13.2 Å². The van der Waals surface area contributed by atoms with Crippen LogP contribution in [0.25, 0.3) is 0 Å². The molecule has 0 fully saturated rings. The molecule has 1 aliphatic rings. The zero-order valence-corrected chi connectivity index (χ0v) is 12.8. The van der Waals surface area contributed by atoms with Gasteiger partial charge < -0.3 is 15.4 Å². The first-order valence-corrected chi connectivity index (χ1v) is 7.36. The van der Waals surface area contributed by atoms with Gasteiger partial charge in [-0.05, 0) is 35.4 Å². The maximum atomic E-state index is 12.3. The van der Waals surface area contributed by atoms with Crippen molar-refractivity contribution in [3.63, 3.8) is 0 Å². The van der Waals surface area contributed by atoms with E-state index in [0.29, 0.717) is 22.4 Å². The van der Waals surface area contributed by atoms with Crippen LogP contribution in [0.1, 0.15) is 21.5 Å². The fraction of sp³-hybridized carbons (Fsp3) is 0.176. The Kier molecular flexibility index (Phi) is 4.35. The van der Waals surface area contributed by atoms with Gasteiger partial charge in [-0.25, -0.2) is 0 Å². The van der Waals surface area contributed by atoms with Crippen LogP contribution in [0.15, 0.2) is 42.5 Å². The fourth-order valence-electron chi connectivity index (χ4n) is 2.55. The summed E-state index contributed by atoms with van der Waals surface area (Å²) in [5.41, 5.74) is 2.27. The molecule has 0 unspecified atom stereocenters. The summed E-state index contributed by atoms with van der Waals surface area (Å²) in [6.45, 7) is 0.135. The number of alkyl halides is 3. The summed E-state index contributed by atoms with van der Waals surface area (Å²) in [6.07, 6.45) is -4.60. The Bertz CT molecular complexity index is 817. The quantitative estimate of drug-likeness (QED) is 0.891. The van der Waals surface area contributed by atoms with Gasteiger partial charge in [-0.2, -0.15) is 0 Å². The third kappa shape index (κ3) is 4.09. The largest absolute Gasteiger partial charge is 0.573 e. The van der Waals surface area contributed by atoms with Crippen molar-refractivity contribution in [1.29, 1.82) is 0 Å². The van der Waals surface area contributed by atoms with E-state index in [1.54, 1.807) is 18.2 Å². The minimum atomic E-state index is -4.74. The Labute approximate surface area is 140 Å². The smallest absolute Gasteiger partial charge is 0.406 e. The maximum absolute atomic E-state index is 12.3.